The van der Waals surface area contributed by atoms with Crippen LogP contribution in [0.1, 0.15) is 61.3 Å². The number of urea groups is 2. The summed E-state index contributed by atoms with van der Waals surface area (Å²) in [6, 6.07) is 53.3. The summed E-state index contributed by atoms with van der Waals surface area (Å²) < 4.78 is 12.4. The normalized spacial score (nSPS) is 11.6. The first-order chi connectivity index (χ1) is 48.4. The van der Waals surface area contributed by atoms with Gasteiger partial charge in [0, 0.05) is 95.6 Å². The van der Waals surface area contributed by atoms with Crippen molar-refractivity contribution < 1.29 is 29.6 Å². The average molecular weight is 1430 g/mol. The molecule has 0 atom stereocenters. The maximum atomic E-state index is 16.6. The second kappa shape index (κ2) is 30.4. The number of amides is 4. The molecule has 27 heteroatoms. The van der Waals surface area contributed by atoms with Crippen LogP contribution in [0.5, 0.6) is 17.2 Å². The molecule has 12 aromatic rings. The summed E-state index contributed by atoms with van der Waals surface area (Å²) in [5, 5.41) is 89.4. The Hall–Kier alpha value is -10.4. The van der Waals surface area contributed by atoms with E-state index in [9.17, 15) is 25.8 Å². The van der Waals surface area contributed by atoms with Crippen LogP contribution in [-0.2, 0) is 23.9 Å². The largest absolute Gasteiger partial charge is 0.507 e. The number of fused-ring (bicyclic) bond motifs is 2. The summed E-state index contributed by atoms with van der Waals surface area (Å²) in [4.78, 5) is 37.5. The van der Waals surface area contributed by atoms with E-state index < -0.39 is 22.9 Å². The van der Waals surface area contributed by atoms with Crippen molar-refractivity contribution in [2.24, 2.45) is 0 Å². The fraction of sp³-hybridized carbons (Fsp3) is 0.205. The van der Waals surface area contributed by atoms with E-state index in [1.807, 2.05) is 183 Å². The van der Waals surface area contributed by atoms with Crippen LogP contribution in [-0.4, -0.2) is 120 Å². The lowest BCUT2D eigenvalue weighted by Gasteiger charge is -2.34. The third kappa shape index (κ3) is 14.8. The van der Waals surface area contributed by atoms with E-state index in [0.717, 1.165) is 41.2 Å². The SMILES string of the molecule is CSCC(C)(C)c1cc(N(C(=O)NCc2ccccc2Sc2ccc3nnc(-c4ccc(OCCO)cc4)n3c2)N(C(=O)NCc2ccccc2Sc2ccc3nnc(-c4ccccc4SC)n3c2)c2cc(C(C)(C)CSC)nn2-c2ccc(O)c(C#N)c2)n(-c2ccc(O)c(C#N)c2)n1. The highest BCUT2D eigenvalue weighted by Crippen LogP contribution is 2.40. The second-order valence-corrected chi connectivity index (χ2v) is 29.1. The number of hydrazine groups is 1. The number of carbonyl (C=O) groups is 2. The predicted molar refractivity (Wildman–Crippen MR) is 394 cm³/mol. The molecule has 0 saturated carbocycles. The Morgan fingerprint density at radius 2 is 1.02 bits per heavy atom. The Bertz CT molecular complexity index is 5100. The molecule has 100 heavy (non-hydrogen) atoms. The van der Waals surface area contributed by atoms with E-state index in [0.29, 0.717) is 57.1 Å². The van der Waals surface area contributed by atoms with Crippen molar-refractivity contribution in [1.29, 1.82) is 10.5 Å². The summed E-state index contributed by atoms with van der Waals surface area (Å²) in [5.74, 6) is 2.58. The third-order valence-electron chi connectivity index (χ3n) is 16.3. The molecule has 12 rings (SSSR count). The lowest BCUT2D eigenvalue weighted by molar-refractivity contribution is 0.201. The highest BCUT2D eigenvalue weighted by atomic mass is 32.2. The molecular weight excluding hydrogens is 1360 g/mol. The molecular formula is C73H68N16O6S5. The van der Waals surface area contributed by atoms with Gasteiger partial charge in [0.15, 0.2) is 34.6 Å². The average Bonchev–Trinajstić information content (AvgIpc) is 1.56. The minimum absolute atomic E-state index is 0.0420. The van der Waals surface area contributed by atoms with Crippen molar-refractivity contribution >= 4 is 93.8 Å². The van der Waals surface area contributed by atoms with Gasteiger partial charge in [0.25, 0.3) is 0 Å². The molecule has 0 saturated heterocycles. The lowest BCUT2D eigenvalue weighted by Crippen LogP contribution is -2.58. The molecule has 6 aromatic carbocycles. The molecule has 0 aliphatic heterocycles. The number of nitriles is 2. The Kier molecular flexibility index (Phi) is 21.1. The summed E-state index contributed by atoms with van der Waals surface area (Å²) in [6.45, 7) is 7.99. The number of phenolic OH excluding ortho intramolecular Hbond substituents is 2. The Morgan fingerprint density at radius 1 is 0.560 bits per heavy atom. The Labute approximate surface area is 598 Å². The van der Waals surface area contributed by atoms with Gasteiger partial charge in [-0.3, -0.25) is 8.80 Å². The zero-order chi connectivity index (χ0) is 70.2. The topological polar surface area (TPSA) is 278 Å². The second-order valence-electron chi connectivity index (χ2n) is 24.3. The van der Waals surface area contributed by atoms with Gasteiger partial charge in [-0.25, -0.2) is 19.0 Å². The number of rotatable bonds is 24. The van der Waals surface area contributed by atoms with Crippen LogP contribution in [0.3, 0.4) is 0 Å². The zero-order valence-electron chi connectivity index (χ0n) is 55.4. The number of thioether (sulfide) groups is 3. The molecule has 6 heterocycles. The van der Waals surface area contributed by atoms with E-state index in [1.165, 1.54) is 67.2 Å². The van der Waals surface area contributed by atoms with Crippen LogP contribution in [0.2, 0.25) is 0 Å². The number of hydrogen-bond acceptors (Lipinski definition) is 19. The van der Waals surface area contributed by atoms with Gasteiger partial charge in [0.2, 0.25) is 0 Å². The van der Waals surface area contributed by atoms with Crippen LogP contribution < -0.4 is 25.4 Å². The van der Waals surface area contributed by atoms with Crippen molar-refractivity contribution in [3.8, 4) is 63.5 Å². The van der Waals surface area contributed by atoms with Crippen LogP contribution >= 0.6 is 58.8 Å². The maximum absolute atomic E-state index is 16.6. The molecule has 0 aliphatic rings. The Balaban J connectivity index is 0.990. The number of benzene rings is 6. The molecule has 0 aliphatic carbocycles. The van der Waals surface area contributed by atoms with Gasteiger partial charge in [-0.05, 0) is 133 Å². The molecule has 6 aromatic heterocycles. The lowest BCUT2D eigenvalue weighted by atomic mass is 9.92. The molecule has 22 nitrogen and oxygen atoms in total. The monoisotopic (exact) mass is 1420 g/mol. The Morgan fingerprint density at radius 3 is 1.49 bits per heavy atom. The number of hydrogen-bond donors (Lipinski definition) is 5. The standard InChI is InChI=1S/C73H68N16O6S5/c1-72(2,44-96-5)62-36-66(86(82-62)51-22-28-57(91)49(34-51)38-74)88(70(93)76-40-47-14-8-11-17-59(47)99-54-26-30-64-78-80-68(84(64)42-54)46-20-24-53(25-21-46)95-33-32-90)89(67-37-63(73(3,4)45-97-6)83-87(67)52-23-29-58(92)50(35-52)39-75)71(94)77-41-48-15-9-12-18-60(48)100-55-27-31-65-79-81-69(85(65)43-55)56-16-10-13-19-61(56)98-7/h8-31,34-37,42-43,90-92H,32-33,40-41,44-45H2,1-7H3,(H,76,93)(H,77,94). The number of aliphatic hydroxyl groups excluding tert-OH is 1. The van der Waals surface area contributed by atoms with Gasteiger partial charge in [0.05, 0.1) is 40.5 Å². The van der Waals surface area contributed by atoms with Crippen LogP contribution in [0.4, 0.5) is 21.2 Å². The van der Waals surface area contributed by atoms with Gasteiger partial charge in [-0.2, -0.15) is 54.3 Å². The first-order valence-electron chi connectivity index (χ1n) is 31.4. The first kappa shape index (κ1) is 69.5. The minimum atomic E-state index is -0.811. The van der Waals surface area contributed by atoms with E-state index in [2.05, 4.69) is 49.2 Å². The van der Waals surface area contributed by atoms with Gasteiger partial charge in [-0.1, -0.05) is 106 Å². The summed E-state index contributed by atoms with van der Waals surface area (Å²) in [6.07, 6.45) is 9.93. The molecule has 506 valence electrons. The number of aromatic nitrogens is 10. The van der Waals surface area contributed by atoms with Crippen LogP contribution in [0, 0.1) is 22.7 Å². The summed E-state index contributed by atoms with van der Waals surface area (Å²) in [5.41, 5.74) is 4.57. The van der Waals surface area contributed by atoms with Crippen LogP contribution in [0.15, 0.2) is 207 Å². The van der Waals surface area contributed by atoms with Crippen molar-refractivity contribution in [2.75, 3.05) is 53.5 Å². The number of pyridine rings is 2. The number of nitrogens with zero attached hydrogens (tertiary/aromatic N) is 14. The van der Waals surface area contributed by atoms with Crippen molar-refractivity contribution in [1.82, 2.24) is 59.4 Å². The fourth-order valence-electron chi connectivity index (χ4n) is 11.2. The number of aromatic hydroxyl groups is 2. The quantitative estimate of drug-likeness (QED) is 0.0278. The van der Waals surface area contributed by atoms with Crippen LogP contribution in [0.25, 0.3) is 45.4 Å². The molecule has 0 radical (unpaired) electrons. The molecule has 0 bridgehead atoms. The van der Waals surface area contributed by atoms with Gasteiger partial charge < -0.3 is 30.7 Å². The van der Waals surface area contributed by atoms with Crippen molar-refractivity contribution in [3.05, 3.63) is 216 Å². The smallest absolute Gasteiger partial charge is 0.343 e. The molecule has 5 N–H and O–H groups in total. The molecule has 0 spiro atoms. The first-order valence-corrected chi connectivity index (χ1v) is 37.1. The fourth-order valence-corrected chi connectivity index (χ4v) is 15.5. The van der Waals surface area contributed by atoms with E-state index in [4.69, 9.17) is 14.9 Å². The highest BCUT2D eigenvalue weighted by Gasteiger charge is 2.39. The number of anilines is 2. The molecule has 0 fully saturated rings. The van der Waals surface area contributed by atoms with E-state index >= 15 is 9.59 Å². The molecule has 0 unspecified atom stereocenters. The number of ether oxygens (including phenoxy) is 1. The van der Waals surface area contributed by atoms with Gasteiger partial charge >= 0.3 is 12.1 Å². The predicted octanol–water partition coefficient (Wildman–Crippen LogP) is 14.4. The minimum Gasteiger partial charge on any atom is -0.507 e. The van der Waals surface area contributed by atoms with Crippen molar-refractivity contribution in [3.63, 3.8) is 0 Å². The number of nitrogens with one attached hydrogen (secondary N) is 2. The highest BCUT2D eigenvalue weighted by molar-refractivity contribution is 8.00. The number of phenols is 2. The summed E-state index contributed by atoms with van der Waals surface area (Å²) in [7, 11) is 0. The zero-order valence-corrected chi connectivity index (χ0v) is 59.5. The third-order valence-corrected chi connectivity index (χ3v) is 21.3. The number of carbonyl (C=O) groups excluding carboxylic acids is 2. The van der Waals surface area contributed by atoms with Crippen molar-refractivity contribution in [2.45, 2.75) is 76.1 Å². The van der Waals surface area contributed by atoms with E-state index in [-0.39, 0.29) is 71.9 Å². The van der Waals surface area contributed by atoms with Gasteiger partial charge in [-0.15, -0.1) is 32.2 Å². The number of aliphatic hydroxyl groups is 1. The maximum Gasteiger partial charge on any atom is 0.343 e. The molecule has 4 amide bonds. The van der Waals surface area contributed by atoms with E-state index in [1.54, 1.807) is 59.6 Å². The van der Waals surface area contributed by atoms with Gasteiger partial charge in [0.1, 0.15) is 36.0 Å². The summed E-state index contributed by atoms with van der Waals surface area (Å²) >= 11 is 7.78.